The molecular weight excluding hydrogens is 292 g/mol. The summed E-state index contributed by atoms with van der Waals surface area (Å²) >= 11 is 0. The number of amides is 1. The highest BCUT2D eigenvalue weighted by molar-refractivity contribution is 5.94. The van der Waals surface area contributed by atoms with Gasteiger partial charge in [-0.15, -0.1) is 0 Å². The van der Waals surface area contributed by atoms with Crippen LogP contribution in [0.1, 0.15) is 27.9 Å². The topological polar surface area (TPSA) is 82.4 Å². The van der Waals surface area contributed by atoms with E-state index in [0.717, 1.165) is 0 Å². The number of nitrogens with one attached hydrogen (secondary N) is 1. The highest BCUT2D eigenvalue weighted by Gasteiger charge is 2.35. The molecule has 23 heavy (non-hydrogen) atoms. The third-order valence-electron chi connectivity index (χ3n) is 3.96. The normalized spacial score (nSPS) is 19.1. The van der Waals surface area contributed by atoms with Crippen molar-refractivity contribution in [3.05, 3.63) is 65.2 Å². The van der Waals surface area contributed by atoms with Gasteiger partial charge in [-0.05, 0) is 24.3 Å². The Kier molecular flexibility index (Phi) is 4.00. The molecule has 3 rings (SSSR count). The van der Waals surface area contributed by atoms with Crippen LogP contribution in [0.2, 0.25) is 0 Å². The number of nitrogens with zero attached hydrogens (tertiary/aromatic N) is 1. The van der Waals surface area contributed by atoms with Crippen LogP contribution in [-0.2, 0) is 5.60 Å². The SMILES string of the molecule is N#Cc1cccc(C(=O)NC[C@]2(O)CCOc3ccccc32)c1. The lowest BCUT2D eigenvalue weighted by atomic mass is 9.88. The van der Waals surface area contributed by atoms with Crippen LogP contribution in [0, 0.1) is 11.3 Å². The van der Waals surface area contributed by atoms with Gasteiger partial charge < -0.3 is 15.2 Å². The van der Waals surface area contributed by atoms with Crippen molar-refractivity contribution in [2.24, 2.45) is 0 Å². The third-order valence-corrected chi connectivity index (χ3v) is 3.96. The van der Waals surface area contributed by atoms with Crippen molar-refractivity contribution in [1.82, 2.24) is 5.32 Å². The van der Waals surface area contributed by atoms with Gasteiger partial charge in [0.05, 0.1) is 24.8 Å². The number of carbonyl (C=O) groups is 1. The monoisotopic (exact) mass is 308 g/mol. The van der Waals surface area contributed by atoms with E-state index in [2.05, 4.69) is 5.32 Å². The second-order valence-electron chi connectivity index (χ2n) is 5.50. The number of benzene rings is 2. The molecule has 0 unspecified atom stereocenters. The summed E-state index contributed by atoms with van der Waals surface area (Å²) in [6, 6.07) is 15.7. The van der Waals surface area contributed by atoms with Gasteiger partial charge in [0.2, 0.25) is 0 Å². The van der Waals surface area contributed by atoms with E-state index in [1.165, 1.54) is 6.07 Å². The van der Waals surface area contributed by atoms with Crippen molar-refractivity contribution in [3.63, 3.8) is 0 Å². The van der Waals surface area contributed by atoms with Crippen LogP contribution in [0.4, 0.5) is 0 Å². The van der Waals surface area contributed by atoms with Gasteiger partial charge in [-0.3, -0.25) is 4.79 Å². The Hall–Kier alpha value is -2.84. The number of fused-ring (bicyclic) bond motifs is 1. The van der Waals surface area contributed by atoms with Gasteiger partial charge >= 0.3 is 0 Å². The molecular formula is C18H16N2O3. The Morgan fingerprint density at radius 3 is 2.96 bits per heavy atom. The number of aliphatic hydroxyl groups is 1. The fourth-order valence-corrected chi connectivity index (χ4v) is 2.68. The Morgan fingerprint density at radius 1 is 1.30 bits per heavy atom. The fraction of sp³-hybridized carbons (Fsp3) is 0.222. The molecule has 5 heteroatoms. The largest absolute Gasteiger partial charge is 0.493 e. The van der Waals surface area contributed by atoms with Crippen molar-refractivity contribution < 1.29 is 14.6 Å². The second-order valence-corrected chi connectivity index (χ2v) is 5.50. The van der Waals surface area contributed by atoms with Crippen LogP contribution >= 0.6 is 0 Å². The molecule has 0 saturated heterocycles. The molecule has 116 valence electrons. The molecule has 0 fully saturated rings. The Labute approximate surface area is 134 Å². The molecule has 0 radical (unpaired) electrons. The first-order valence-electron chi connectivity index (χ1n) is 7.35. The van der Waals surface area contributed by atoms with Crippen molar-refractivity contribution in [3.8, 4) is 11.8 Å². The molecule has 0 spiro atoms. The molecule has 1 aliphatic rings. The number of rotatable bonds is 3. The smallest absolute Gasteiger partial charge is 0.251 e. The molecule has 2 aromatic carbocycles. The van der Waals surface area contributed by atoms with Gasteiger partial charge in [-0.25, -0.2) is 0 Å². The van der Waals surface area contributed by atoms with Gasteiger partial charge in [0.25, 0.3) is 5.91 Å². The summed E-state index contributed by atoms with van der Waals surface area (Å²) in [5, 5.41) is 22.5. The first-order chi connectivity index (χ1) is 11.1. The van der Waals surface area contributed by atoms with E-state index in [0.29, 0.717) is 35.5 Å². The summed E-state index contributed by atoms with van der Waals surface area (Å²) in [5.41, 5.74) is 0.343. The molecule has 1 atom stereocenters. The van der Waals surface area contributed by atoms with E-state index in [4.69, 9.17) is 10.00 Å². The van der Waals surface area contributed by atoms with Crippen LogP contribution in [-0.4, -0.2) is 24.2 Å². The second kappa shape index (κ2) is 6.11. The molecule has 0 aromatic heterocycles. The number of hydrogen-bond donors (Lipinski definition) is 2. The number of carbonyl (C=O) groups excluding carboxylic acids is 1. The van der Waals surface area contributed by atoms with E-state index in [-0.39, 0.29) is 12.5 Å². The molecule has 1 amide bonds. The molecule has 1 aliphatic heterocycles. The number of nitriles is 1. The molecule has 2 N–H and O–H groups in total. The van der Waals surface area contributed by atoms with E-state index in [1.54, 1.807) is 30.3 Å². The van der Waals surface area contributed by atoms with Crippen molar-refractivity contribution in [1.29, 1.82) is 5.26 Å². The van der Waals surface area contributed by atoms with Gasteiger partial charge in [-0.1, -0.05) is 24.3 Å². The summed E-state index contributed by atoms with van der Waals surface area (Å²) in [6.07, 6.45) is 0.405. The first kappa shape index (κ1) is 15.1. The molecule has 0 aliphatic carbocycles. The molecule has 5 nitrogen and oxygen atoms in total. The predicted octanol–water partition coefficient (Wildman–Crippen LogP) is 1.96. The zero-order chi connectivity index (χ0) is 16.3. The van der Waals surface area contributed by atoms with Crippen LogP contribution < -0.4 is 10.1 Å². The van der Waals surface area contributed by atoms with Gasteiger partial charge in [-0.2, -0.15) is 5.26 Å². The minimum absolute atomic E-state index is 0.0863. The van der Waals surface area contributed by atoms with E-state index in [1.807, 2.05) is 18.2 Å². The summed E-state index contributed by atoms with van der Waals surface area (Å²) in [4.78, 5) is 12.2. The standard InChI is InChI=1S/C18H16N2O3/c19-11-13-4-3-5-14(10-13)17(21)20-12-18(22)8-9-23-16-7-2-1-6-15(16)18/h1-7,10,22H,8-9,12H2,(H,20,21)/t18-/m1/s1. The van der Waals surface area contributed by atoms with Crippen LogP contribution in [0.3, 0.4) is 0 Å². The number of para-hydroxylation sites is 1. The average Bonchev–Trinajstić information content (AvgIpc) is 2.60. The zero-order valence-corrected chi connectivity index (χ0v) is 12.5. The minimum atomic E-state index is -1.16. The Morgan fingerprint density at radius 2 is 2.13 bits per heavy atom. The summed E-state index contributed by atoms with van der Waals surface area (Å²) in [7, 11) is 0. The minimum Gasteiger partial charge on any atom is -0.493 e. The highest BCUT2D eigenvalue weighted by atomic mass is 16.5. The number of ether oxygens (including phenoxy) is 1. The van der Waals surface area contributed by atoms with Crippen LogP contribution in [0.15, 0.2) is 48.5 Å². The summed E-state index contributed by atoms with van der Waals surface area (Å²) in [5.74, 6) is 0.321. The predicted molar refractivity (Wildman–Crippen MR) is 83.9 cm³/mol. The maximum atomic E-state index is 12.2. The van der Waals surface area contributed by atoms with E-state index in [9.17, 15) is 9.90 Å². The highest BCUT2D eigenvalue weighted by Crippen LogP contribution is 2.36. The lowest BCUT2D eigenvalue weighted by molar-refractivity contribution is -0.00160. The number of hydrogen-bond acceptors (Lipinski definition) is 4. The summed E-state index contributed by atoms with van der Waals surface area (Å²) < 4.78 is 5.53. The van der Waals surface area contributed by atoms with Crippen molar-refractivity contribution in [2.45, 2.75) is 12.0 Å². The fourth-order valence-electron chi connectivity index (χ4n) is 2.68. The van der Waals surface area contributed by atoms with Gasteiger partial charge in [0.15, 0.2) is 0 Å². The maximum absolute atomic E-state index is 12.2. The quantitative estimate of drug-likeness (QED) is 0.908. The average molecular weight is 308 g/mol. The van der Waals surface area contributed by atoms with Gasteiger partial charge in [0, 0.05) is 17.5 Å². The van der Waals surface area contributed by atoms with E-state index < -0.39 is 5.60 Å². The lowest BCUT2D eigenvalue weighted by Gasteiger charge is -2.34. The summed E-state index contributed by atoms with van der Waals surface area (Å²) in [6.45, 7) is 0.482. The lowest BCUT2D eigenvalue weighted by Crippen LogP contribution is -2.43. The van der Waals surface area contributed by atoms with Crippen LogP contribution in [0.25, 0.3) is 0 Å². The van der Waals surface area contributed by atoms with Crippen molar-refractivity contribution in [2.75, 3.05) is 13.2 Å². The van der Waals surface area contributed by atoms with E-state index >= 15 is 0 Å². The Bertz CT molecular complexity index is 782. The molecule has 0 saturated carbocycles. The first-order valence-corrected chi connectivity index (χ1v) is 7.35. The van der Waals surface area contributed by atoms with Gasteiger partial charge in [0.1, 0.15) is 11.4 Å². The molecule has 0 bridgehead atoms. The molecule has 1 heterocycles. The zero-order valence-electron chi connectivity index (χ0n) is 12.5. The third kappa shape index (κ3) is 3.03. The Balaban J connectivity index is 1.75. The maximum Gasteiger partial charge on any atom is 0.251 e. The van der Waals surface area contributed by atoms with Crippen molar-refractivity contribution >= 4 is 5.91 Å². The van der Waals surface area contributed by atoms with Crippen LogP contribution in [0.5, 0.6) is 5.75 Å². The molecule has 2 aromatic rings.